The van der Waals surface area contributed by atoms with E-state index in [1.165, 1.54) is 11.3 Å². The molecule has 132 valence electrons. The topological polar surface area (TPSA) is 111 Å². The van der Waals surface area contributed by atoms with Crippen molar-refractivity contribution in [3.05, 3.63) is 54.7 Å². The van der Waals surface area contributed by atoms with Gasteiger partial charge in [-0.15, -0.1) is 10.2 Å². The molecule has 4 heterocycles. The van der Waals surface area contributed by atoms with Crippen molar-refractivity contribution in [2.24, 2.45) is 0 Å². The van der Waals surface area contributed by atoms with Gasteiger partial charge < -0.3 is 10.7 Å². The number of aromatic amines is 1. The number of nitrogens with two attached hydrogens (primary N) is 1. The second kappa shape index (κ2) is 5.99. The minimum absolute atomic E-state index is 0.453. The molecule has 27 heavy (non-hydrogen) atoms. The lowest BCUT2D eigenvalue weighted by atomic mass is 10.1. The predicted octanol–water partition coefficient (Wildman–Crippen LogP) is 3.22. The Labute approximate surface area is 157 Å². The molecule has 0 aliphatic heterocycles. The highest BCUT2D eigenvalue weighted by atomic mass is 32.1. The first-order valence-corrected chi connectivity index (χ1v) is 9.04. The number of nitrogens with zero attached hydrogens (tertiary/aromatic N) is 6. The average molecular weight is 374 g/mol. The molecule has 0 spiro atoms. The van der Waals surface area contributed by atoms with Crippen molar-refractivity contribution in [2.75, 3.05) is 5.73 Å². The SMILES string of the molecule is Cc1ccn(-c2cnc(-c3c[nH]c4ccc(-c5nnc(N)s5)cc34)cn2)n1. The highest BCUT2D eigenvalue weighted by Crippen LogP contribution is 2.32. The smallest absolute Gasteiger partial charge is 0.203 e. The molecule has 1 aromatic carbocycles. The second-order valence-corrected chi connectivity index (χ2v) is 7.08. The minimum Gasteiger partial charge on any atom is -0.374 e. The van der Waals surface area contributed by atoms with E-state index in [0.717, 1.165) is 38.4 Å². The van der Waals surface area contributed by atoms with Crippen molar-refractivity contribution < 1.29 is 0 Å². The Morgan fingerprint density at radius 1 is 1.11 bits per heavy atom. The summed E-state index contributed by atoms with van der Waals surface area (Å²) in [5.41, 5.74) is 10.4. The van der Waals surface area contributed by atoms with Crippen LogP contribution in [0, 0.1) is 6.92 Å². The fraction of sp³-hybridized carbons (Fsp3) is 0.0556. The molecule has 0 saturated heterocycles. The van der Waals surface area contributed by atoms with E-state index >= 15 is 0 Å². The van der Waals surface area contributed by atoms with E-state index in [9.17, 15) is 0 Å². The number of aryl methyl sites for hydroxylation is 1. The van der Waals surface area contributed by atoms with E-state index in [2.05, 4.69) is 36.3 Å². The van der Waals surface area contributed by atoms with Crippen molar-refractivity contribution in [1.29, 1.82) is 0 Å². The van der Waals surface area contributed by atoms with E-state index in [-0.39, 0.29) is 0 Å². The monoisotopic (exact) mass is 374 g/mol. The number of nitrogens with one attached hydrogen (secondary N) is 1. The van der Waals surface area contributed by atoms with Gasteiger partial charge in [0.25, 0.3) is 0 Å². The summed E-state index contributed by atoms with van der Waals surface area (Å²) in [7, 11) is 0. The van der Waals surface area contributed by atoms with Gasteiger partial charge >= 0.3 is 0 Å². The Morgan fingerprint density at radius 2 is 2.04 bits per heavy atom. The highest BCUT2D eigenvalue weighted by Gasteiger charge is 2.12. The van der Waals surface area contributed by atoms with Crippen LogP contribution in [-0.4, -0.2) is 34.9 Å². The van der Waals surface area contributed by atoms with E-state index in [0.29, 0.717) is 10.9 Å². The molecule has 5 aromatic rings. The van der Waals surface area contributed by atoms with Gasteiger partial charge in [0.2, 0.25) is 5.13 Å². The van der Waals surface area contributed by atoms with Gasteiger partial charge in [0.05, 0.1) is 23.8 Å². The maximum Gasteiger partial charge on any atom is 0.203 e. The normalized spacial score (nSPS) is 11.3. The zero-order valence-corrected chi connectivity index (χ0v) is 15.1. The molecule has 0 atom stereocenters. The van der Waals surface area contributed by atoms with Crippen molar-refractivity contribution in [3.63, 3.8) is 0 Å². The van der Waals surface area contributed by atoms with Crippen LogP contribution in [-0.2, 0) is 0 Å². The number of aromatic nitrogens is 7. The zero-order valence-electron chi connectivity index (χ0n) is 14.3. The molecule has 3 N–H and O–H groups in total. The molecule has 4 aromatic heterocycles. The van der Waals surface area contributed by atoms with Crippen molar-refractivity contribution in [3.8, 4) is 27.6 Å². The Balaban J connectivity index is 1.56. The van der Waals surface area contributed by atoms with Gasteiger partial charge in [-0.25, -0.2) is 9.67 Å². The minimum atomic E-state index is 0.453. The summed E-state index contributed by atoms with van der Waals surface area (Å²) < 4.78 is 1.71. The molecule has 0 radical (unpaired) electrons. The molecule has 8 nitrogen and oxygen atoms in total. The van der Waals surface area contributed by atoms with Crippen LogP contribution in [0.1, 0.15) is 5.69 Å². The average Bonchev–Trinajstić information content (AvgIpc) is 3.41. The predicted molar refractivity (Wildman–Crippen MR) is 104 cm³/mol. The number of hydrogen-bond donors (Lipinski definition) is 2. The largest absolute Gasteiger partial charge is 0.374 e. The second-order valence-electron chi connectivity index (χ2n) is 6.07. The molecule has 9 heteroatoms. The van der Waals surface area contributed by atoms with Crippen LogP contribution in [0.4, 0.5) is 5.13 Å². The fourth-order valence-corrected chi connectivity index (χ4v) is 3.54. The van der Waals surface area contributed by atoms with Crippen LogP contribution >= 0.6 is 11.3 Å². The Hall–Kier alpha value is -3.59. The molecular weight excluding hydrogens is 360 g/mol. The first-order chi connectivity index (χ1) is 13.2. The fourth-order valence-electron chi connectivity index (χ4n) is 2.94. The number of rotatable bonds is 3. The van der Waals surface area contributed by atoms with Crippen LogP contribution in [0.25, 0.3) is 38.5 Å². The summed E-state index contributed by atoms with van der Waals surface area (Å²) in [6, 6.07) is 8.00. The van der Waals surface area contributed by atoms with E-state index < -0.39 is 0 Å². The van der Waals surface area contributed by atoms with Crippen LogP contribution in [0.5, 0.6) is 0 Å². The first kappa shape index (κ1) is 15.6. The molecule has 0 unspecified atom stereocenters. The van der Waals surface area contributed by atoms with Crippen LogP contribution < -0.4 is 5.73 Å². The molecule has 0 bridgehead atoms. The van der Waals surface area contributed by atoms with E-state index in [1.807, 2.05) is 37.5 Å². The lowest BCUT2D eigenvalue weighted by Crippen LogP contribution is -1.99. The van der Waals surface area contributed by atoms with E-state index in [4.69, 9.17) is 5.73 Å². The number of fused-ring (bicyclic) bond motifs is 1. The summed E-state index contributed by atoms with van der Waals surface area (Å²) in [4.78, 5) is 12.3. The number of hydrogen-bond acceptors (Lipinski definition) is 7. The standard InChI is InChI=1S/C18H14N8S/c1-10-4-5-26(25-10)16-9-21-15(8-22-16)13-7-20-14-3-2-11(6-12(13)14)17-23-24-18(19)27-17/h2-9,20H,1H3,(H2,19,24). The Morgan fingerprint density at radius 3 is 2.74 bits per heavy atom. The molecule has 0 amide bonds. The van der Waals surface area contributed by atoms with Crippen LogP contribution in [0.3, 0.4) is 0 Å². The van der Waals surface area contributed by atoms with Crippen molar-refractivity contribution in [2.45, 2.75) is 6.92 Å². The highest BCUT2D eigenvalue weighted by molar-refractivity contribution is 7.18. The first-order valence-electron chi connectivity index (χ1n) is 8.23. The number of H-pyrrole nitrogens is 1. The van der Waals surface area contributed by atoms with Gasteiger partial charge in [0, 0.05) is 34.4 Å². The Bertz CT molecular complexity index is 1250. The molecular formula is C18H14N8S. The lowest BCUT2D eigenvalue weighted by Gasteiger charge is -2.03. The van der Waals surface area contributed by atoms with Crippen LogP contribution in [0.2, 0.25) is 0 Å². The van der Waals surface area contributed by atoms with Crippen LogP contribution in [0.15, 0.2) is 49.1 Å². The van der Waals surface area contributed by atoms with E-state index in [1.54, 1.807) is 17.1 Å². The number of benzene rings is 1. The number of nitrogen functional groups attached to an aromatic ring is 1. The lowest BCUT2D eigenvalue weighted by molar-refractivity contribution is 0.825. The van der Waals surface area contributed by atoms with Crippen molar-refractivity contribution >= 4 is 27.4 Å². The summed E-state index contributed by atoms with van der Waals surface area (Å²) in [6.45, 7) is 1.94. The quantitative estimate of drug-likeness (QED) is 0.501. The Kier molecular flexibility index (Phi) is 3.47. The van der Waals surface area contributed by atoms with Gasteiger partial charge in [-0.3, -0.25) is 4.98 Å². The van der Waals surface area contributed by atoms with Gasteiger partial charge in [-0.1, -0.05) is 11.3 Å². The molecule has 0 fully saturated rings. The molecule has 0 aliphatic carbocycles. The van der Waals surface area contributed by atoms with Crippen molar-refractivity contribution in [1.82, 2.24) is 34.9 Å². The number of anilines is 1. The third-order valence-electron chi connectivity index (χ3n) is 4.24. The summed E-state index contributed by atoms with van der Waals surface area (Å²) >= 11 is 1.36. The molecule has 0 saturated carbocycles. The summed E-state index contributed by atoms with van der Waals surface area (Å²) in [5, 5.41) is 14.7. The van der Waals surface area contributed by atoms with Gasteiger partial charge in [0.15, 0.2) is 5.82 Å². The molecule has 5 rings (SSSR count). The zero-order chi connectivity index (χ0) is 18.4. The maximum absolute atomic E-state index is 5.71. The van der Waals surface area contributed by atoms with Gasteiger partial charge in [-0.2, -0.15) is 5.10 Å². The third kappa shape index (κ3) is 2.74. The summed E-state index contributed by atoms with van der Waals surface area (Å²) in [5.74, 6) is 0.678. The molecule has 0 aliphatic rings. The third-order valence-corrected chi connectivity index (χ3v) is 5.04. The van der Waals surface area contributed by atoms with Gasteiger partial charge in [-0.05, 0) is 31.2 Å². The van der Waals surface area contributed by atoms with Gasteiger partial charge in [0.1, 0.15) is 5.01 Å². The maximum atomic E-state index is 5.71. The summed E-state index contributed by atoms with van der Waals surface area (Å²) in [6.07, 6.45) is 7.27.